The summed E-state index contributed by atoms with van der Waals surface area (Å²) in [5.74, 6) is -2.12. The maximum absolute atomic E-state index is 13.1. The molecule has 3 N–H and O–H groups in total. The minimum absolute atomic E-state index is 0.106. The number of hydrogen-bond donors (Lipinski definition) is 3. The molecule has 94 heavy (non-hydrogen) atoms. The van der Waals surface area contributed by atoms with E-state index in [9.17, 15) is 43.2 Å². The van der Waals surface area contributed by atoms with Crippen LogP contribution in [-0.4, -0.2) is 96.7 Å². The van der Waals surface area contributed by atoms with E-state index in [4.69, 9.17) is 37.0 Å². The van der Waals surface area contributed by atoms with Gasteiger partial charge in [0.15, 0.2) is 12.2 Å². The smallest absolute Gasteiger partial charge is 0.462 e. The van der Waals surface area contributed by atoms with E-state index >= 15 is 0 Å². The van der Waals surface area contributed by atoms with Gasteiger partial charge in [0.2, 0.25) is 0 Å². The molecular formula is C75H146O17P2. The first-order valence-corrected chi connectivity index (χ1v) is 42.3. The summed E-state index contributed by atoms with van der Waals surface area (Å²) in [6.45, 7) is 4.95. The predicted octanol–water partition coefficient (Wildman–Crippen LogP) is 22.2. The summed E-state index contributed by atoms with van der Waals surface area (Å²) >= 11 is 0. The van der Waals surface area contributed by atoms with E-state index in [2.05, 4.69) is 27.7 Å². The summed E-state index contributed by atoms with van der Waals surface area (Å²) in [7, 11) is -9.90. The van der Waals surface area contributed by atoms with Crippen LogP contribution in [0.2, 0.25) is 0 Å². The zero-order valence-electron chi connectivity index (χ0n) is 60.9. The van der Waals surface area contributed by atoms with E-state index in [1.165, 1.54) is 231 Å². The normalized spacial score (nSPS) is 13.9. The number of aliphatic hydroxyl groups excluding tert-OH is 1. The van der Waals surface area contributed by atoms with Crippen molar-refractivity contribution in [2.75, 3.05) is 39.6 Å². The molecule has 558 valence electrons. The zero-order chi connectivity index (χ0) is 69.0. The van der Waals surface area contributed by atoms with E-state index in [1.54, 1.807) is 0 Å². The van der Waals surface area contributed by atoms with Crippen LogP contribution < -0.4 is 0 Å². The summed E-state index contributed by atoms with van der Waals surface area (Å²) in [5.41, 5.74) is 0. The lowest BCUT2D eigenvalue weighted by atomic mass is 10.0. The molecule has 0 aromatic heterocycles. The molecule has 19 heteroatoms. The molecule has 0 aliphatic carbocycles. The summed E-state index contributed by atoms with van der Waals surface area (Å²) in [6, 6.07) is 0. The van der Waals surface area contributed by atoms with Gasteiger partial charge >= 0.3 is 39.5 Å². The van der Waals surface area contributed by atoms with Crippen LogP contribution in [0.4, 0.5) is 0 Å². The number of phosphoric ester groups is 2. The highest BCUT2D eigenvalue weighted by molar-refractivity contribution is 7.47. The van der Waals surface area contributed by atoms with Gasteiger partial charge in [-0.15, -0.1) is 0 Å². The Labute approximate surface area is 575 Å². The fraction of sp³-hybridized carbons (Fsp3) is 0.947. The summed E-state index contributed by atoms with van der Waals surface area (Å²) < 4.78 is 68.4. The third-order valence-electron chi connectivity index (χ3n) is 17.6. The van der Waals surface area contributed by atoms with E-state index < -0.39 is 97.5 Å². The van der Waals surface area contributed by atoms with E-state index in [1.807, 2.05) is 0 Å². The Morgan fingerprint density at radius 1 is 0.255 bits per heavy atom. The lowest BCUT2D eigenvalue weighted by molar-refractivity contribution is -0.161. The molecule has 0 aromatic rings. The van der Waals surface area contributed by atoms with Crippen molar-refractivity contribution < 1.29 is 80.2 Å². The first-order valence-electron chi connectivity index (χ1n) is 39.3. The van der Waals surface area contributed by atoms with Crippen LogP contribution >= 0.6 is 15.6 Å². The molecule has 0 amide bonds. The number of carbonyl (C=O) groups is 4. The molecule has 0 spiro atoms. The van der Waals surface area contributed by atoms with E-state index in [0.29, 0.717) is 25.7 Å². The van der Waals surface area contributed by atoms with Crippen LogP contribution in [0.3, 0.4) is 0 Å². The van der Waals surface area contributed by atoms with Crippen LogP contribution in [0.1, 0.15) is 400 Å². The summed E-state index contributed by atoms with van der Waals surface area (Å²) in [5, 5.41) is 10.6. The van der Waals surface area contributed by atoms with Crippen molar-refractivity contribution in [3.63, 3.8) is 0 Å². The SMILES string of the molecule is CCCCCCCCCCCCCCCCCCCCCC(=O)O[C@H](COC(=O)CCCCCCCCCCCCCCCCCCC)COP(=O)(O)OC[C@@H](O)COP(=O)(O)OC[C@@H](COC(=O)CCCCCCCCCCC)OC(=O)CCCCCCCCCCC. The van der Waals surface area contributed by atoms with Crippen LogP contribution in [0.15, 0.2) is 0 Å². The number of phosphoric acid groups is 2. The second-order valence-electron chi connectivity index (χ2n) is 27.0. The molecular weight excluding hydrogens is 1230 g/mol. The first kappa shape index (κ1) is 92.1. The molecule has 0 fully saturated rings. The Balaban J connectivity index is 5.18. The second kappa shape index (κ2) is 69.5. The molecule has 0 aromatic carbocycles. The number of unbranched alkanes of at least 4 members (excludes halogenated alkanes) is 50. The van der Waals surface area contributed by atoms with Gasteiger partial charge in [-0.3, -0.25) is 37.3 Å². The highest BCUT2D eigenvalue weighted by Gasteiger charge is 2.30. The van der Waals surface area contributed by atoms with Gasteiger partial charge in [0.05, 0.1) is 26.4 Å². The predicted molar refractivity (Wildman–Crippen MR) is 382 cm³/mol. The molecule has 0 saturated heterocycles. The lowest BCUT2D eigenvalue weighted by Crippen LogP contribution is -2.30. The van der Waals surface area contributed by atoms with Crippen LogP contribution in [0.25, 0.3) is 0 Å². The van der Waals surface area contributed by atoms with Crippen molar-refractivity contribution in [3.05, 3.63) is 0 Å². The Morgan fingerprint density at radius 2 is 0.426 bits per heavy atom. The highest BCUT2D eigenvalue weighted by atomic mass is 31.2. The molecule has 0 bridgehead atoms. The Morgan fingerprint density at radius 3 is 0.628 bits per heavy atom. The quantitative estimate of drug-likeness (QED) is 0.0222. The average Bonchev–Trinajstić information content (AvgIpc) is 3.46. The molecule has 0 rings (SSSR count). The fourth-order valence-electron chi connectivity index (χ4n) is 11.6. The Bertz CT molecular complexity index is 1790. The topological polar surface area (TPSA) is 237 Å². The highest BCUT2D eigenvalue weighted by Crippen LogP contribution is 2.45. The minimum atomic E-state index is -4.95. The zero-order valence-corrected chi connectivity index (χ0v) is 62.7. The van der Waals surface area contributed by atoms with Crippen LogP contribution in [0.5, 0.6) is 0 Å². The molecule has 0 heterocycles. The number of hydrogen-bond acceptors (Lipinski definition) is 15. The average molecular weight is 1380 g/mol. The van der Waals surface area contributed by atoms with Crippen molar-refractivity contribution in [3.8, 4) is 0 Å². The number of ether oxygens (including phenoxy) is 4. The second-order valence-corrected chi connectivity index (χ2v) is 29.9. The standard InChI is InChI=1S/C75H146O17P2/c1-5-9-13-17-21-25-27-29-31-33-34-36-38-40-42-46-50-54-58-62-75(80)92-71(66-86-73(78)60-56-52-48-45-41-39-37-35-32-30-28-26-22-18-14-10-6-2)68-90-94(83,84)88-64-69(76)63-87-93(81,82)89-67-70(91-74(79)61-57-53-49-44-24-20-16-12-8-4)65-85-72(77)59-55-51-47-43-23-19-15-11-7-3/h69-71,76H,5-68H2,1-4H3,(H,81,82)(H,83,84)/t69-,70+,71+/m0/s1. The maximum atomic E-state index is 13.1. The van der Waals surface area contributed by atoms with Gasteiger partial charge in [-0.2, -0.15) is 0 Å². The van der Waals surface area contributed by atoms with E-state index in [-0.39, 0.29) is 25.7 Å². The Hall–Kier alpha value is -1.94. The fourth-order valence-corrected chi connectivity index (χ4v) is 13.2. The van der Waals surface area contributed by atoms with Gasteiger partial charge < -0.3 is 33.8 Å². The van der Waals surface area contributed by atoms with Gasteiger partial charge in [-0.1, -0.05) is 349 Å². The summed E-state index contributed by atoms with van der Waals surface area (Å²) in [6.07, 6.45) is 59.8. The maximum Gasteiger partial charge on any atom is 0.472 e. The van der Waals surface area contributed by atoms with Crippen molar-refractivity contribution in [1.82, 2.24) is 0 Å². The molecule has 0 radical (unpaired) electrons. The van der Waals surface area contributed by atoms with Crippen molar-refractivity contribution in [1.29, 1.82) is 0 Å². The third-order valence-corrected chi connectivity index (χ3v) is 19.5. The van der Waals surface area contributed by atoms with Gasteiger partial charge in [-0.25, -0.2) is 9.13 Å². The molecule has 0 aliphatic heterocycles. The van der Waals surface area contributed by atoms with Crippen LogP contribution in [-0.2, 0) is 65.4 Å². The van der Waals surface area contributed by atoms with Gasteiger partial charge in [0.1, 0.15) is 19.3 Å². The molecule has 17 nitrogen and oxygen atoms in total. The minimum Gasteiger partial charge on any atom is -0.462 e. The van der Waals surface area contributed by atoms with Crippen molar-refractivity contribution >= 4 is 39.5 Å². The molecule has 0 aliphatic rings. The van der Waals surface area contributed by atoms with Crippen LogP contribution in [0, 0.1) is 0 Å². The third kappa shape index (κ3) is 68.6. The molecule has 2 unspecified atom stereocenters. The monoisotopic (exact) mass is 1380 g/mol. The largest absolute Gasteiger partial charge is 0.472 e. The molecule has 5 atom stereocenters. The van der Waals surface area contributed by atoms with Gasteiger partial charge in [-0.05, 0) is 25.7 Å². The number of esters is 4. The number of rotatable bonds is 76. The summed E-state index contributed by atoms with van der Waals surface area (Å²) in [4.78, 5) is 72.6. The van der Waals surface area contributed by atoms with Crippen molar-refractivity contribution in [2.24, 2.45) is 0 Å². The van der Waals surface area contributed by atoms with E-state index in [0.717, 1.165) is 89.9 Å². The van der Waals surface area contributed by atoms with Crippen molar-refractivity contribution in [2.45, 2.75) is 418 Å². The molecule has 0 saturated carbocycles. The van der Waals surface area contributed by atoms with Gasteiger partial charge in [0, 0.05) is 25.7 Å². The first-order chi connectivity index (χ1) is 45.7. The number of carbonyl (C=O) groups excluding carboxylic acids is 4. The Kier molecular flexibility index (Phi) is 68.1. The van der Waals surface area contributed by atoms with Gasteiger partial charge in [0.25, 0.3) is 0 Å². The lowest BCUT2D eigenvalue weighted by Gasteiger charge is -2.21. The number of aliphatic hydroxyl groups is 1.